The van der Waals surface area contributed by atoms with Crippen molar-refractivity contribution in [3.8, 4) is 0 Å². The Morgan fingerprint density at radius 2 is 2.00 bits per heavy atom. The van der Waals surface area contributed by atoms with Gasteiger partial charge in [0, 0.05) is 6.54 Å². The van der Waals surface area contributed by atoms with Crippen molar-refractivity contribution in [3.05, 3.63) is 23.4 Å². The smallest absolute Gasteiger partial charge is 0.339 e. The molecule has 0 radical (unpaired) electrons. The van der Waals surface area contributed by atoms with E-state index in [1.54, 1.807) is 19.1 Å². The average molecular weight is 252 g/mol. The minimum Gasteiger partial charge on any atom is -0.469 e. The second kappa shape index (κ2) is 6.58. The van der Waals surface area contributed by atoms with E-state index < -0.39 is 5.97 Å². The zero-order valence-corrected chi connectivity index (χ0v) is 10.6. The highest BCUT2D eigenvalue weighted by atomic mass is 16.5. The summed E-state index contributed by atoms with van der Waals surface area (Å²) in [6.07, 6.45) is 0.260. The zero-order chi connectivity index (χ0) is 13.5. The number of esters is 2. The van der Waals surface area contributed by atoms with Crippen LogP contribution < -0.4 is 5.32 Å². The Morgan fingerprint density at radius 1 is 1.28 bits per heavy atom. The maximum absolute atomic E-state index is 11.3. The van der Waals surface area contributed by atoms with Crippen molar-refractivity contribution in [3.63, 3.8) is 0 Å². The predicted molar refractivity (Wildman–Crippen MR) is 65.4 cm³/mol. The first-order valence-electron chi connectivity index (χ1n) is 5.45. The van der Waals surface area contributed by atoms with Crippen molar-refractivity contribution in [2.75, 3.05) is 26.1 Å². The number of carbonyl (C=O) groups excluding carboxylic acids is 2. The normalized spacial score (nSPS) is 9.72. The summed E-state index contributed by atoms with van der Waals surface area (Å²) in [6.45, 7) is 2.15. The van der Waals surface area contributed by atoms with Gasteiger partial charge in [-0.15, -0.1) is 0 Å². The number of methoxy groups -OCH3 is 2. The third-order valence-corrected chi connectivity index (χ3v) is 2.35. The molecule has 0 aliphatic carbocycles. The lowest BCUT2D eigenvalue weighted by Gasteiger charge is -2.08. The highest BCUT2D eigenvalue weighted by Crippen LogP contribution is 2.11. The molecule has 6 heteroatoms. The average Bonchev–Trinajstić information content (AvgIpc) is 2.37. The Labute approximate surface area is 105 Å². The third kappa shape index (κ3) is 3.73. The van der Waals surface area contributed by atoms with Crippen LogP contribution in [0.15, 0.2) is 12.1 Å². The fourth-order valence-electron chi connectivity index (χ4n) is 1.38. The first kappa shape index (κ1) is 14.0. The van der Waals surface area contributed by atoms with Crippen molar-refractivity contribution in [2.45, 2.75) is 13.3 Å². The van der Waals surface area contributed by atoms with Crippen LogP contribution >= 0.6 is 0 Å². The molecule has 0 spiro atoms. The molecule has 0 atom stereocenters. The van der Waals surface area contributed by atoms with Gasteiger partial charge in [-0.05, 0) is 19.1 Å². The number of aryl methyl sites for hydroxylation is 1. The van der Waals surface area contributed by atoms with E-state index in [9.17, 15) is 9.59 Å². The van der Waals surface area contributed by atoms with Gasteiger partial charge in [-0.1, -0.05) is 0 Å². The van der Waals surface area contributed by atoms with E-state index >= 15 is 0 Å². The lowest BCUT2D eigenvalue weighted by molar-refractivity contribution is -0.140. The van der Waals surface area contributed by atoms with Gasteiger partial charge in [0.25, 0.3) is 0 Å². The van der Waals surface area contributed by atoms with E-state index in [0.717, 1.165) is 0 Å². The third-order valence-electron chi connectivity index (χ3n) is 2.35. The molecule has 0 aliphatic rings. The highest BCUT2D eigenvalue weighted by molar-refractivity contribution is 5.90. The molecule has 0 aromatic carbocycles. The predicted octanol–water partition coefficient (Wildman–Crippen LogP) is 1.15. The summed E-state index contributed by atoms with van der Waals surface area (Å²) in [4.78, 5) is 26.5. The molecule has 6 nitrogen and oxygen atoms in total. The lowest BCUT2D eigenvalue weighted by Crippen LogP contribution is -2.12. The Balaban J connectivity index is 2.62. The first-order valence-corrected chi connectivity index (χ1v) is 5.45. The molecule has 1 aromatic heterocycles. The van der Waals surface area contributed by atoms with E-state index in [-0.39, 0.29) is 12.4 Å². The molecule has 1 rings (SSSR count). The fraction of sp³-hybridized carbons (Fsp3) is 0.417. The number of aromatic nitrogens is 1. The Bertz CT molecular complexity index is 446. The maximum Gasteiger partial charge on any atom is 0.339 e. The molecular formula is C12H16N2O4. The van der Waals surface area contributed by atoms with E-state index in [1.807, 2.05) is 0 Å². The summed E-state index contributed by atoms with van der Waals surface area (Å²) in [5.74, 6) is -0.101. The SMILES string of the molecule is COC(=O)CCNc1ccc(C(=O)OC)c(C)n1. The molecule has 0 amide bonds. The molecule has 0 unspecified atom stereocenters. The van der Waals surface area contributed by atoms with Crippen LogP contribution in [-0.4, -0.2) is 37.7 Å². The Hall–Kier alpha value is -2.11. The van der Waals surface area contributed by atoms with Crippen LogP contribution in [0, 0.1) is 6.92 Å². The van der Waals surface area contributed by atoms with Crippen LogP contribution in [-0.2, 0) is 14.3 Å². The minimum absolute atomic E-state index is 0.260. The van der Waals surface area contributed by atoms with Gasteiger partial charge in [-0.25, -0.2) is 9.78 Å². The number of nitrogens with zero attached hydrogens (tertiary/aromatic N) is 1. The van der Waals surface area contributed by atoms with Crippen LogP contribution in [0.4, 0.5) is 5.82 Å². The number of rotatable bonds is 5. The summed E-state index contributed by atoms with van der Waals surface area (Å²) in [6, 6.07) is 3.30. The molecule has 1 heterocycles. The van der Waals surface area contributed by atoms with Crippen molar-refractivity contribution < 1.29 is 19.1 Å². The molecule has 0 saturated heterocycles. The van der Waals surface area contributed by atoms with Crippen LogP contribution in [0.2, 0.25) is 0 Å². The van der Waals surface area contributed by atoms with Gasteiger partial charge in [-0.2, -0.15) is 0 Å². The van der Waals surface area contributed by atoms with Gasteiger partial charge in [0.2, 0.25) is 0 Å². The van der Waals surface area contributed by atoms with E-state index in [1.165, 1.54) is 14.2 Å². The van der Waals surface area contributed by atoms with Gasteiger partial charge in [0.05, 0.1) is 31.9 Å². The summed E-state index contributed by atoms with van der Waals surface area (Å²) in [7, 11) is 2.67. The molecule has 0 fully saturated rings. The standard InChI is InChI=1S/C12H16N2O4/c1-8-9(12(16)18-3)4-5-10(14-8)13-7-6-11(15)17-2/h4-5H,6-7H2,1-3H3,(H,13,14). The van der Waals surface area contributed by atoms with E-state index in [0.29, 0.717) is 23.6 Å². The molecular weight excluding hydrogens is 236 g/mol. The fourth-order valence-corrected chi connectivity index (χ4v) is 1.38. The number of ether oxygens (including phenoxy) is 2. The lowest BCUT2D eigenvalue weighted by atomic mass is 10.2. The summed E-state index contributed by atoms with van der Waals surface area (Å²) in [5, 5.41) is 2.97. The van der Waals surface area contributed by atoms with Crippen LogP contribution in [0.1, 0.15) is 22.5 Å². The largest absolute Gasteiger partial charge is 0.469 e. The maximum atomic E-state index is 11.3. The molecule has 98 valence electrons. The molecule has 0 bridgehead atoms. The quantitative estimate of drug-likeness (QED) is 0.792. The van der Waals surface area contributed by atoms with Crippen molar-refractivity contribution >= 4 is 17.8 Å². The van der Waals surface area contributed by atoms with Crippen molar-refractivity contribution in [1.29, 1.82) is 0 Å². The van der Waals surface area contributed by atoms with Gasteiger partial charge in [0.15, 0.2) is 0 Å². The zero-order valence-electron chi connectivity index (χ0n) is 10.6. The first-order chi connectivity index (χ1) is 8.58. The monoisotopic (exact) mass is 252 g/mol. The molecule has 0 saturated carbocycles. The number of carbonyl (C=O) groups is 2. The van der Waals surface area contributed by atoms with E-state index in [4.69, 9.17) is 0 Å². The number of anilines is 1. The van der Waals surface area contributed by atoms with Crippen LogP contribution in [0.5, 0.6) is 0 Å². The number of nitrogens with one attached hydrogen (secondary N) is 1. The highest BCUT2D eigenvalue weighted by Gasteiger charge is 2.10. The van der Waals surface area contributed by atoms with Crippen LogP contribution in [0.25, 0.3) is 0 Å². The molecule has 0 aliphatic heterocycles. The number of hydrogen-bond donors (Lipinski definition) is 1. The molecule has 18 heavy (non-hydrogen) atoms. The molecule has 1 aromatic rings. The van der Waals surface area contributed by atoms with Gasteiger partial charge < -0.3 is 14.8 Å². The second-order valence-electron chi connectivity index (χ2n) is 3.57. The van der Waals surface area contributed by atoms with Gasteiger partial charge >= 0.3 is 11.9 Å². The summed E-state index contributed by atoms with van der Waals surface area (Å²) in [5.41, 5.74) is 1.00. The minimum atomic E-state index is -0.416. The second-order valence-corrected chi connectivity index (χ2v) is 3.57. The topological polar surface area (TPSA) is 77.5 Å². The Morgan fingerprint density at radius 3 is 2.56 bits per heavy atom. The summed E-state index contributed by atoms with van der Waals surface area (Å²) < 4.78 is 9.14. The number of pyridine rings is 1. The Kier molecular flexibility index (Phi) is 5.10. The summed E-state index contributed by atoms with van der Waals surface area (Å²) >= 11 is 0. The molecule has 1 N–H and O–H groups in total. The van der Waals surface area contributed by atoms with Crippen LogP contribution in [0.3, 0.4) is 0 Å². The van der Waals surface area contributed by atoms with E-state index in [2.05, 4.69) is 19.8 Å². The van der Waals surface area contributed by atoms with Gasteiger partial charge in [0.1, 0.15) is 5.82 Å². The van der Waals surface area contributed by atoms with Crippen molar-refractivity contribution in [2.24, 2.45) is 0 Å². The van der Waals surface area contributed by atoms with Crippen molar-refractivity contribution in [1.82, 2.24) is 4.98 Å². The van der Waals surface area contributed by atoms with Gasteiger partial charge in [-0.3, -0.25) is 4.79 Å². The number of hydrogen-bond acceptors (Lipinski definition) is 6.